The molecule has 1 saturated heterocycles. The Kier molecular flexibility index (Phi) is 6.12. The predicted octanol–water partition coefficient (Wildman–Crippen LogP) is 5.29. The summed E-state index contributed by atoms with van der Waals surface area (Å²) in [5, 5.41) is 10.2. The van der Waals surface area contributed by atoms with E-state index >= 15 is 0 Å². The Labute approximate surface area is 193 Å². The molecular weight excluding hydrogens is 400 g/mol. The Morgan fingerprint density at radius 3 is 2.53 bits per heavy atom. The van der Waals surface area contributed by atoms with Gasteiger partial charge in [0.2, 0.25) is 0 Å². The molecule has 0 aromatic carbocycles. The van der Waals surface area contributed by atoms with Crippen LogP contribution in [0.15, 0.2) is 23.8 Å². The van der Waals surface area contributed by atoms with Gasteiger partial charge in [0.25, 0.3) is 0 Å². The number of aliphatic hydroxyl groups is 1. The lowest BCUT2D eigenvalue weighted by atomic mass is 9.55. The van der Waals surface area contributed by atoms with Gasteiger partial charge in [-0.2, -0.15) is 0 Å². The number of carbonyl (C=O) groups is 2. The van der Waals surface area contributed by atoms with Gasteiger partial charge in [0.1, 0.15) is 18.0 Å². The summed E-state index contributed by atoms with van der Waals surface area (Å²) in [6, 6.07) is 0. The molecular formula is C28H42O4. The fraction of sp³-hybridized carbons (Fsp3) is 0.786. The third-order valence-electron chi connectivity index (χ3n) is 10.00. The van der Waals surface area contributed by atoms with E-state index in [-0.39, 0.29) is 29.3 Å². The first-order chi connectivity index (χ1) is 15.0. The van der Waals surface area contributed by atoms with Crippen molar-refractivity contribution in [2.45, 2.75) is 97.9 Å². The Balaban J connectivity index is 1.62. The van der Waals surface area contributed by atoms with Crippen LogP contribution in [-0.4, -0.2) is 35.0 Å². The van der Waals surface area contributed by atoms with E-state index in [2.05, 4.69) is 59.8 Å². The largest absolute Gasteiger partial charge is 0.393 e. The van der Waals surface area contributed by atoms with Crippen molar-refractivity contribution in [3.05, 3.63) is 23.8 Å². The number of ether oxygens (including phenoxy) is 1. The molecule has 1 aliphatic heterocycles. The molecule has 0 radical (unpaired) electrons. The van der Waals surface area contributed by atoms with Crippen LogP contribution in [0.3, 0.4) is 0 Å². The highest BCUT2D eigenvalue weighted by molar-refractivity contribution is 6.03. The number of rotatable bonds is 7. The van der Waals surface area contributed by atoms with E-state index < -0.39 is 11.0 Å². The van der Waals surface area contributed by atoms with Gasteiger partial charge < -0.3 is 14.6 Å². The van der Waals surface area contributed by atoms with Crippen molar-refractivity contribution in [3.63, 3.8) is 0 Å². The number of aliphatic hydroxyl groups excluding tert-OH is 1. The number of hydrogen-bond donors (Lipinski definition) is 1. The average Bonchev–Trinajstić information content (AvgIpc) is 3.33. The molecule has 1 spiro atoms. The van der Waals surface area contributed by atoms with Crippen molar-refractivity contribution in [1.82, 2.24) is 0 Å². The van der Waals surface area contributed by atoms with Crippen LogP contribution in [0.5, 0.6) is 0 Å². The van der Waals surface area contributed by atoms with Crippen LogP contribution in [0, 0.1) is 40.4 Å². The van der Waals surface area contributed by atoms with Crippen molar-refractivity contribution in [1.29, 1.82) is 0 Å². The van der Waals surface area contributed by atoms with Crippen molar-refractivity contribution in [2.24, 2.45) is 40.4 Å². The predicted molar refractivity (Wildman–Crippen MR) is 126 cm³/mol. The highest BCUT2D eigenvalue weighted by Crippen LogP contribution is 2.65. The molecule has 32 heavy (non-hydrogen) atoms. The van der Waals surface area contributed by atoms with Crippen LogP contribution in [0.2, 0.25) is 0 Å². The second-order valence-electron chi connectivity index (χ2n) is 12.1. The monoisotopic (exact) mass is 442 g/mol. The number of aldehydes is 1. The third kappa shape index (κ3) is 3.48. The van der Waals surface area contributed by atoms with Crippen LogP contribution in [0.4, 0.5) is 0 Å². The summed E-state index contributed by atoms with van der Waals surface area (Å²) in [5.74, 6) is 2.16. The van der Waals surface area contributed by atoms with Gasteiger partial charge >= 0.3 is 0 Å². The summed E-state index contributed by atoms with van der Waals surface area (Å²) in [7, 11) is 0. The number of allylic oxidation sites excluding steroid dienone is 3. The number of carbonyl (C=O) groups excluding carboxylic acids is 2. The lowest BCUT2D eigenvalue weighted by molar-refractivity contribution is -0.134. The van der Waals surface area contributed by atoms with E-state index in [1.54, 1.807) is 0 Å². The van der Waals surface area contributed by atoms with E-state index in [4.69, 9.17) is 4.74 Å². The van der Waals surface area contributed by atoms with E-state index in [1.807, 2.05) is 0 Å². The quantitative estimate of drug-likeness (QED) is 0.330. The zero-order valence-corrected chi connectivity index (χ0v) is 20.8. The summed E-state index contributed by atoms with van der Waals surface area (Å²) in [4.78, 5) is 25.8. The van der Waals surface area contributed by atoms with Crippen molar-refractivity contribution in [2.75, 3.05) is 0 Å². The smallest absolute Gasteiger partial charge is 0.167 e. The van der Waals surface area contributed by atoms with Gasteiger partial charge in [-0.25, -0.2) is 0 Å². The second-order valence-corrected chi connectivity index (χ2v) is 12.1. The molecule has 0 aromatic rings. The van der Waals surface area contributed by atoms with Gasteiger partial charge in [-0.3, -0.25) is 4.79 Å². The van der Waals surface area contributed by atoms with E-state index in [0.29, 0.717) is 49.4 Å². The summed E-state index contributed by atoms with van der Waals surface area (Å²) >= 11 is 0. The molecule has 9 atom stereocenters. The summed E-state index contributed by atoms with van der Waals surface area (Å²) in [6.45, 7) is 13.3. The number of hydrogen-bond acceptors (Lipinski definition) is 4. The Morgan fingerprint density at radius 2 is 1.88 bits per heavy atom. The topological polar surface area (TPSA) is 66.9 Å². The minimum absolute atomic E-state index is 0.0705. The maximum atomic E-state index is 13.9. The molecule has 4 rings (SSSR count). The first-order valence-electron chi connectivity index (χ1n) is 12.7. The number of Topliss-reactive ketones (excluding diaryl/α,β-unsaturated/α-hetero) is 1. The van der Waals surface area contributed by atoms with Crippen molar-refractivity contribution >= 4 is 12.1 Å². The molecule has 4 aliphatic rings. The fourth-order valence-corrected chi connectivity index (χ4v) is 7.27. The SMILES string of the molecule is CC(C)[C@@H](C)C=C[C@@H](C)[C@H]1CC[C@@H](C2=C[C@@H]3O[C@@]34C[C@@H](O)CC[C@]4(C)C2=O)[C@]1(C)CC=O. The summed E-state index contributed by atoms with van der Waals surface area (Å²) in [5.41, 5.74) is -0.388. The van der Waals surface area contributed by atoms with Crippen LogP contribution in [0.1, 0.15) is 80.1 Å². The summed E-state index contributed by atoms with van der Waals surface area (Å²) in [6.07, 6.45) is 11.7. The Morgan fingerprint density at radius 1 is 1.16 bits per heavy atom. The van der Waals surface area contributed by atoms with Crippen molar-refractivity contribution < 1.29 is 19.4 Å². The normalized spacial score (nSPS) is 45.4. The van der Waals surface area contributed by atoms with Gasteiger partial charge in [0.05, 0.1) is 11.5 Å². The van der Waals surface area contributed by atoms with E-state index in [1.165, 1.54) is 0 Å². The minimum Gasteiger partial charge on any atom is -0.393 e. The third-order valence-corrected chi connectivity index (χ3v) is 10.00. The van der Waals surface area contributed by atoms with Gasteiger partial charge in [0.15, 0.2) is 5.78 Å². The number of ketones is 1. The molecule has 3 aliphatic carbocycles. The highest BCUT2D eigenvalue weighted by atomic mass is 16.6. The molecule has 1 heterocycles. The van der Waals surface area contributed by atoms with E-state index in [9.17, 15) is 14.7 Å². The maximum absolute atomic E-state index is 13.9. The van der Waals surface area contributed by atoms with Crippen LogP contribution in [-0.2, 0) is 14.3 Å². The molecule has 0 aromatic heterocycles. The molecule has 4 nitrogen and oxygen atoms in total. The molecule has 3 fully saturated rings. The van der Waals surface area contributed by atoms with Crippen LogP contribution >= 0.6 is 0 Å². The second kappa shape index (κ2) is 8.20. The standard InChI is InChI=1S/C28H42O4/c1-17(2)18(3)7-8-19(4)22-9-10-23(26(22,5)13-14-29)21-15-24-28(32-24)16-20(30)11-12-27(28,6)25(21)31/h7-8,14-15,17-20,22-24,30H,9-13,16H2,1-6H3/t18-,19+,20-,22+,23-,24-,26+,27+,28-/m0/s1. The van der Waals surface area contributed by atoms with Crippen LogP contribution in [0.25, 0.3) is 0 Å². The van der Waals surface area contributed by atoms with Gasteiger partial charge in [0, 0.05) is 12.8 Å². The number of epoxide rings is 1. The minimum atomic E-state index is -0.556. The Bertz CT molecular complexity index is 827. The zero-order chi connectivity index (χ0) is 23.5. The molecule has 0 amide bonds. The molecule has 0 bridgehead atoms. The summed E-state index contributed by atoms with van der Waals surface area (Å²) < 4.78 is 6.15. The average molecular weight is 443 g/mol. The maximum Gasteiger partial charge on any atom is 0.167 e. The van der Waals surface area contributed by atoms with E-state index in [0.717, 1.165) is 24.7 Å². The Hall–Kier alpha value is -1.26. The first kappa shape index (κ1) is 23.9. The van der Waals surface area contributed by atoms with Gasteiger partial charge in [-0.05, 0) is 79.3 Å². The van der Waals surface area contributed by atoms with Crippen molar-refractivity contribution in [3.8, 4) is 0 Å². The van der Waals surface area contributed by atoms with Gasteiger partial charge in [-0.1, -0.05) is 46.8 Å². The molecule has 0 unspecified atom stereocenters. The highest BCUT2D eigenvalue weighted by Gasteiger charge is 2.73. The lowest BCUT2D eigenvalue weighted by Gasteiger charge is -2.46. The lowest BCUT2D eigenvalue weighted by Crippen LogP contribution is -2.53. The van der Waals surface area contributed by atoms with Gasteiger partial charge in [-0.15, -0.1) is 0 Å². The molecule has 2 saturated carbocycles. The molecule has 4 heteroatoms. The first-order valence-corrected chi connectivity index (χ1v) is 12.7. The molecule has 1 N–H and O–H groups in total. The van der Waals surface area contributed by atoms with Crippen LogP contribution < -0.4 is 0 Å². The fourth-order valence-electron chi connectivity index (χ4n) is 7.27. The molecule has 178 valence electrons. The zero-order valence-electron chi connectivity index (χ0n) is 20.8.